The summed E-state index contributed by atoms with van der Waals surface area (Å²) in [5.41, 5.74) is 2.68. The van der Waals surface area contributed by atoms with E-state index in [0.29, 0.717) is 24.2 Å². The second-order valence-corrected chi connectivity index (χ2v) is 7.99. The normalized spacial score (nSPS) is 11.7. The molecule has 0 aliphatic heterocycles. The van der Waals surface area contributed by atoms with E-state index < -0.39 is 24.2 Å². The van der Waals surface area contributed by atoms with Gasteiger partial charge in [0.2, 0.25) is 0 Å². The fourth-order valence-electron chi connectivity index (χ4n) is 3.85. The van der Waals surface area contributed by atoms with Crippen molar-refractivity contribution in [2.45, 2.75) is 39.9 Å². The van der Waals surface area contributed by atoms with Gasteiger partial charge in [-0.05, 0) is 42.5 Å². The first-order valence-corrected chi connectivity index (χ1v) is 11.3. The summed E-state index contributed by atoms with van der Waals surface area (Å²) < 4.78 is 42.8. The van der Waals surface area contributed by atoms with Gasteiger partial charge in [-0.1, -0.05) is 67.6 Å². The van der Waals surface area contributed by atoms with Crippen molar-refractivity contribution in [3.8, 4) is 0 Å². The second-order valence-electron chi connectivity index (χ2n) is 7.99. The molecule has 0 spiro atoms. The maximum atomic E-state index is 15.2. The van der Waals surface area contributed by atoms with Crippen molar-refractivity contribution in [3.05, 3.63) is 112 Å². The highest BCUT2D eigenvalue weighted by molar-refractivity contribution is 6.20. The lowest BCUT2D eigenvalue weighted by Crippen LogP contribution is -2.28. The molecule has 0 radical (unpaired) electrons. The summed E-state index contributed by atoms with van der Waals surface area (Å²) in [6, 6.07) is 18.9. The van der Waals surface area contributed by atoms with Crippen LogP contribution in [0.3, 0.4) is 0 Å². The SMILES string of the molecule is CCc1cccc(/C(C(=O)NCc2c(F)cccc2CF)=C(\C)NCCc2ccccc2)c1F. The lowest BCUT2D eigenvalue weighted by molar-refractivity contribution is -0.115. The topological polar surface area (TPSA) is 41.1 Å². The van der Waals surface area contributed by atoms with E-state index >= 15 is 4.39 Å². The first-order chi connectivity index (χ1) is 16.5. The summed E-state index contributed by atoms with van der Waals surface area (Å²) >= 11 is 0. The van der Waals surface area contributed by atoms with Crippen LogP contribution in [0.1, 0.15) is 41.7 Å². The number of amides is 1. The Morgan fingerprint density at radius 2 is 1.59 bits per heavy atom. The van der Waals surface area contributed by atoms with Crippen LogP contribution in [-0.4, -0.2) is 12.5 Å². The highest BCUT2D eigenvalue weighted by Gasteiger charge is 2.21. The largest absolute Gasteiger partial charge is 0.388 e. The molecule has 178 valence electrons. The van der Waals surface area contributed by atoms with E-state index in [2.05, 4.69) is 10.6 Å². The van der Waals surface area contributed by atoms with Crippen LogP contribution in [0.15, 0.2) is 72.4 Å². The van der Waals surface area contributed by atoms with Gasteiger partial charge in [0.1, 0.15) is 18.3 Å². The van der Waals surface area contributed by atoms with Crippen LogP contribution in [-0.2, 0) is 30.9 Å². The molecule has 0 saturated carbocycles. The van der Waals surface area contributed by atoms with Crippen LogP contribution in [0.2, 0.25) is 0 Å². The molecule has 1 amide bonds. The standard InChI is InChI=1S/C28H29F3N2O/c1-3-21-11-7-13-23(27(21)31)26(19(2)32-16-15-20-9-5-4-6-10-20)28(34)33-18-24-22(17-29)12-8-14-25(24)30/h4-14,32H,3,15-18H2,1-2H3,(H,33,34)/b26-19-. The van der Waals surface area contributed by atoms with Crippen LogP contribution >= 0.6 is 0 Å². The van der Waals surface area contributed by atoms with Crippen LogP contribution in [0.25, 0.3) is 5.57 Å². The Balaban J connectivity index is 1.88. The van der Waals surface area contributed by atoms with Crippen LogP contribution < -0.4 is 10.6 Å². The van der Waals surface area contributed by atoms with E-state index in [1.165, 1.54) is 18.2 Å². The van der Waals surface area contributed by atoms with E-state index in [9.17, 15) is 13.6 Å². The van der Waals surface area contributed by atoms with Crippen LogP contribution in [0.4, 0.5) is 13.2 Å². The number of allylic oxidation sites excluding steroid dienone is 1. The molecule has 0 atom stereocenters. The number of carbonyl (C=O) groups is 1. The molecule has 0 aliphatic carbocycles. The fraction of sp³-hybridized carbons (Fsp3) is 0.250. The molecule has 3 aromatic rings. The third-order valence-corrected chi connectivity index (χ3v) is 5.76. The van der Waals surface area contributed by atoms with Gasteiger partial charge in [0, 0.05) is 29.9 Å². The zero-order chi connectivity index (χ0) is 24.5. The Morgan fingerprint density at radius 3 is 2.29 bits per heavy atom. The van der Waals surface area contributed by atoms with Gasteiger partial charge in [0.25, 0.3) is 5.91 Å². The maximum absolute atomic E-state index is 15.2. The van der Waals surface area contributed by atoms with E-state index in [-0.39, 0.29) is 28.8 Å². The number of hydrogen-bond acceptors (Lipinski definition) is 2. The number of rotatable bonds is 10. The number of halogens is 3. The molecule has 0 bridgehead atoms. The quantitative estimate of drug-likeness (QED) is 0.367. The number of benzene rings is 3. The van der Waals surface area contributed by atoms with Crippen LogP contribution in [0.5, 0.6) is 0 Å². The molecule has 6 heteroatoms. The summed E-state index contributed by atoms with van der Waals surface area (Å²) in [6.07, 6.45) is 1.20. The maximum Gasteiger partial charge on any atom is 0.254 e. The number of aryl methyl sites for hydroxylation is 1. The minimum absolute atomic E-state index is 0.0789. The van der Waals surface area contributed by atoms with Gasteiger partial charge >= 0.3 is 0 Å². The Kier molecular flexibility index (Phi) is 8.91. The molecule has 34 heavy (non-hydrogen) atoms. The number of alkyl halides is 1. The number of nitrogens with one attached hydrogen (secondary N) is 2. The van der Waals surface area contributed by atoms with Gasteiger partial charge in [-0.25, -0.2) is 13.2 Å². The molecular formula is C28H29F3N2O. The van der Waals surface area contributed by atoms with Crippen molar-refractivity contribution in [2.24, 2.45) is 0 Å². The van der Waals surface area contributed by atoms with Crippen molar-refractivity contribution in [2.75, 3.05) is 6.54 Å². The predicted octanol–water partition coefficient (Wildman–Crippen LogP) is 5.88. The van der Waals surface area contributed by atoms with Crippen molar-refractivity contribution in [1.82, 2.24) is 10.6 Å². The molecule has 0 saturated heterocycles. The average molecular weight is 467 g/mol. The van der Waals surface area contributed by atoms with Crippen molar-refractivity contribution in [3.63, 3.8) is 0 Å². The third-order valence-electron chi connectivity index (χ3n) is 5.76. The summed E-state index contributed by atoms with van der Waals surface area (Å²) in [6.45, 7) is 3.04. The van der Waals surface area contributed by atoms with E-state index in [4.69, 9.17) is 0 Å². The summed E-state index contributed by atoms with van der Waals surface area (Å²) in [7, 11) is 0. The molecule has 0 heterocycles. The molecule has 3 aromatic carbocycles. The number of hydrogen-bond donors (Lipinski definition) is 2. The Hall–Kier alpha value is -3.54. The van der Waals surface area contributed by atoms with Gasteiger partial charge in [-0.15, -0.1) is 0 Å². The lowest BCUT2D eigenvalue weighted by atomic mass is 9.98. The van der Waals surface area contributed by atoms with Crippen molar-refractivity contribution >= 4 is 11.5 Å². The van der Waals surface area contributed by atoms with Crippen LogP contribution in [0, 0.1) is 11.6 Å². The summed E-state index contributed by atoms with van der Waals surface area (Å²) in [5.74, 6) is -1.63. The first kappa shape index (κ1) is 25.1. The number of carbonyl (C=O) groups excluding carboxylic acids is 1. The second kappa shape index (κ2) is 12.1. The first-order valence-electron chi connectivity index (χ1n) is 11.3. The third kappa shape index (κ3) is 6.07. The molecular weight excluding hydrogens is 437 g/mol. The Labute approximate surface area is 198 Å². The lowest BCUT2D eigenvalue weighted by Gasteiger charge is -2.17. The molecule has 0 unspecified atom stereocenters. The molecule has 3 rings (SSSR count). The fourth-order valence-corrected chi connectivity index (χ4v) is 3.85. The van der Waals surface area contributed by atoms with Gasteiger partial charge in [0.05, 0.1) is 5.57 Å². The van der Waals surface area contributed by atoms with Gasteiger partial charge in [-0.2, -0.15) is 0 Å². The minimum atomic E-state index is -0.848. The average Bonchev–Trinajstić information content (AvgIpc) is 2.85. The molecule has 0 aromatic heterocycles. The zero-order valence-corrected chi connectivity index (χ0v) is 19.4. The molecule has 0 aliphatic rings. The highest BCUT2D eigenvalue weighted by Crippen LogP contribution is 2.25. The Morgan fingerprint density at radius 1 is 0.882 bits per heavy atom. The molecule has 2 N–H and O–H groups in total. The Bertz CT molecular complexity index is 1160. The monoisotopic (exact) mass is 466 g/mol. The summed E-state index contributed by atoms with van der Waals surface area (Å²) in [5, 5.41) is 5.88. The minimum Gasteiger partial charge on any atom is -0.388 e. The predicted molar refractivity (Wildman–Crippen MR) is 130 cm³/mol. The van der Waals surface area contributed by atoms with E-state index in [1.807, 2.05) is 37.3 Å². The van der Waals surface area contributed by atoms with Crippen molar-refractivity contribution in [1.29, 1.82) is 0 Å². The van der Waals surface area contributed by atoms with Gasteiger partial charge in [0.15, 0.2) is 0 Å². The zero-order valence-electron chi connectivity index (χ0n) is 19.4. The van der Waals surface area contributed by atoms with E-state index in [0.717, 1.165) is 12.0 Å². The highest BCUT2D eigenvalue weighted by atomic mass is 19.1. The summed E-state index contributed by atoms with van der Waals surface area (Å²) in [4.78, 5) is 13.3. The van der Waals surface area contributed by atoms with E-state index in [1.54, 1.807) is 25.1 Å². The molecule has 0 fully saturated rings. The smallest absolute Gasteiger partial charge is 0.254 e. The van der Waals surface area contributed by atoms with Gasteiger partial charge in [-0.3, -0.25) is 4.79 Å². The van der Waals surface area contributed by atoms with Gasteiger partial charge < -0.3 is 10.6 Å². The van der Waals surface area contributed by atoms with Crippen molar-refractivity contribution < 1.29 is 18.0 Å². The molecule has 3 nitrogen and oxygen atoms in total.